The number of phenols is 1. The maximum atomic E-state index is 9.55. The minimum absolute atomic E-state index is 0.285. The Morgan fingerprint density at radius 2 is 1.96 bits per heavy atom. The van der Waals surface area contributed by atoms with Gasteiger partial charge in [-0.15, -0.1) is 0 Å². The number of hydrogen-bond acceptors (Lipinski definition) is 3. The fourth-order valence-electron chi connectivity index (χ4n) is 3.93. The van der Waals surface area contributed by atoms with Gasteiger partial charge in [0.1, 0.15) is 5.75 Å². The Balaban J connectivity index is 1.83. The van der Waals surface area contributed by atoms with Crippen LogP contribution in [0.25, 0.3) is 32.9 Å². The third kappa shape index (κ3) is 2.03. The summed E-state index contributed by atoms with van der Waals surface area (Å²) in [5, 5.41) is 12.0. The summed E-state index contributed by atoms with van der Waals surface area (Å²) in [6.45, 7) is 3.11. The summed E-state index contributed by atoms with van der Waals surface area (Å²) in [4.78, 5) is 10.6. The van der Waals surface area contributed by atoms with Crippen LogP contribution in [-0.4, -0.2) is 28.7 Å². The molecule has 0 aliphatic carbocycles. The Morgan fingerprint density at radius 3 is 2.76 bits per heavy atom. The lowest BCUT2D eigenvalue weighted by Crippen LogP contribution is -2.23. The molecule has 25 heavy (non-hydrogen) atoms. The van der Waals surface area contributed by atoms with E-state index in [1.54, 1.807) is 12.1 Å². The molecule has 5 rings (SSSR count). The molecule has 2 N–H and O–H groups in total. The second-order valence-electron chi connectivity index (χ2n) is 6.89. The first kappa shape index (κ1) is 14.3. The summed E-state index contributed by atoms with van der Waals surface area (Å²) in [5.41, 5.74) is 8.10. The number of aromatic hydroxyl groups is 1. The van der Waals surface area contributed by atoms with Crippen molar-refractivity contribution >= 4 is 27.5 Å². The quantitative estimate of drug-likeness (QED) is 0.544. The lowest BCUT2D eigenvalue weighted by atomic mass is 9.97. The number of phenolic OH excluding ortho intramolecular Hbond substituents is 1. The predicted molar refractivity (Wildman–Crippen MR) is 102 cm³/mol. The van der Waals surface area contributed by atoms with E-state index < -0.39 is 0 Å². The van der Waals surface area contributed by atoms with Crippen molar-refractivity contribution in [3.05, 3.63) is 53.9 Å². The average molecular weight is 329 g/mol. The molecule has 2 aromatic carbocycles. The van der Waals surface area contributed by atoms with Gasteiger partial charge in [-0.25, -0.2) is 0 Å². The van der Waals surface area contributed by atoms with Crippen LogP contribution >= 0.6 is 0 Å². The number of pyridine rings is 1. The van der Waals surface area contributed by atoms with Crippen LogP contribution in [0, 0.1) is 6.92 Å². The van der Waals surface area contributed by atoms with Crippen LogP contribution in [-0.2, 0) is 6.42 Å². The fraction of sp³-hybridized carbons (Fsp3) is 0.190. The van der Waals surface area contributed by atoms with Gasteiger partial charge >= 0.3 is 0 Å². The molecule has 3 heterocycles. The van der Waals surface area contributed by atoms with E-state index in [9.17, 15) is 5.11 Å². The highest BCUT2D eigenvalue weighted by atomic mass is 16.3. The number of likely N-dealkylation sites (N-methyl/N-ethyl adjacent to an activating group) is 1. The number of nitrogens with zero attached hydrogens (tertiary/aromatic N) is 2. The van der Waals surface area contributed by atoms with E-state index in [1.807, 2.05) is 18.3 Å². The first-order valence-electron chi connectivity index (χ1n) is 8.56. The first-order chi connectivity index (χ1) is 12.1. The molecule has 0 radical (unpaired) electrons. The molecule has 1 aliphatic heterocycles. The molecule has 0 fully saturated rings. The van der Waals surface area contributed by atoms with Crippen LogP contribution in [0.15, 0.2) is 42.6 Å². The van der Waals surface area contributed by atoms with Gasteiger partial charge in [-0.3, -0.25) is 4.98 Å². The minimum atomic E-state index is 0.285. The first-order valence-corrected chi connectivity index (χ1v) is 8.56. The highest BCUT2D eigenvalue weighted by molar-refractivity contribution is 6.12. The van der Waals surface area contributed by atoms with E-state index in [4.69, 9.17) is 4.98 Å². The number of aromatic nitrogens is 2. The molecule has 124 valence electrons. The van der Waals surface area contributed by atoms with Crippen LogP contribution in [0.5, 0.6) is 5.75 Å². The van der Waals surface area contributed by atoms with Crippen molar-refractivity contribution < 1.29 is 5.11 Å². The van der Waals surface area contributed by atoms with Gasteiger partial charge in [-0.2, -0.15) is 0 Å². The van der Waals surface area contributed by atoms with E-state index in [-0.39, 0.29) is 5.75 Å². The molecule has 4 aromatic rings. The summed E-state index contributed by atoms with van der Waals surface area (Å²) in [6, 6.07) is 11.8. The Bertz CT molecular complexity index is 1130. The lowest BCUT2D eigenvalue weighted by molar-refractivity contribution is 0.475. The molecule has 1 aliphatic rings. The van der Waals surface area contributed by atoms with Gasteiger partial charge in [-0.05, 0) is 48.7 Å². The fourth-order valence-corrected chi connectivity index (χ4v) is 3.93. The van der Waals surface area contributed by atoms with Gasteiger partial charge in [0.15, 0.2) is 0 Å². The zero-order valence-corrected chi connectivity index (χ0v) is 14.3. The van der Waals surface area contributed by atoms with Crippen LogP contribution < -0.4 is 4.90 Å². The van der Waals surface area contributed by atoms with E-state index in [0.717, 1.165) is 46.2 Å². The summed E-state index contributed by atoms with van der Waals surface area (Å²) < 4.78 is 0. The topological polar surface area (TPSA) is 52.1 Å². The molecule has 0 spiro atoms. The normalized spacial score (nSPS) is 13.8. The van der Waals surface area contributed by atoms with Gasteiger partial charge in [0.2, 0.25) is 0 Å². The molecular weight excluding hydrogens is 310 g/mol. The number of hydrogen-bond donors (Lipinski definition) is 2. The van der Waals surface area contributed by atoms with Crippen molar-refractivity contribution in [2.24, 2.45) is 0 Å². The van der Waals surface area contributed by atoms with Crippen molar-refractivity contribution in [1.82, 2.24) is 9.97 Å². The van der Waals surface area contributed by atoms with Crippen LogP contribution in [0.2, 0.25) is 0 Å². The van der Waals surface area contributed by atoms with Gasteiger partial charge in [0, 0.05) is 47.5 Å². The monoisotopic (exact) mass is 329 g/mol. The molecule has 4 nitrogen and oxygen atoms in total. The number of anilines is 1. The Hall–Kier alpha value is -3.01. The van der Waals surface area contributed by atoms with Crippen LogP contribution in [0.3, 0.4) is 0 Å². The molecular formula is C21H19N3O. The molecule has 0 amide bonds. The summed E-state index contributed by atoms with van der Waals surface area (Å²) in [7, 11) is 2.15. The predicted octanol–water partition coefficient (Wildman–Crippen LogP) is 4.39. The Labute approximate surface area is 145 Å². The van der Waals surface area contributed by atoms with Gasteiger partial charge in [-0.1, -0.05) is 12.1 Å². The summed E-state index contributed by atoms with van der Waals surface area (Å²) in [6.07, 6.45) is 3.08. The second kappa shape index (κ2) is 4.99. The molecule has 2 aromatic heterocycles. The van der Waals surface area contributed by atoms with E-state index >= 15 is 0 Å². The smallest absolute Gasteiger partial charge is 0.115 e. The van der Waals surface area contributed by atoms with Gasteiger partial charge < -0.3 is 15.0 Å². The molecule has 0 unspecified atom stereocenters. The zero-order valence-electron chi connectivity index (χ0n) is 14.3. The van der Waals surface area contributed by atoms with Crippen LogP contribution in [0.4, 0.5) is 5.69 Å². The van der Waals surface area contributed by atoms with Crippen LogP contribution in [0.1, 0.15) is 11.3 Å². The van der Waals surface area contributed by atoms with E-state index in [2.05, 4.69) is 36.0 Å². The van der Waals surface area contributed by atoms with Gasteiger partial charge in [0.25, 0.3) is 0 Å². The number of nitrogens with one attached hydrogen (secondary N) is 1. The number of fused-ring (bicyclic) bond motifs is 2. The van der Waals surface area contributed by atoms with Crippen molar-refractivity contribution in [3.63, 3.8) is 0 Å². The highest BCUT2D eigenvalue weighted by Gasteiger charge is 2.21. The molecule has 4 heteroatoms. The number of rotatable bonds is 1. The third-order valence-corrected chi connectivity index (χ3v) is 5.30. The molecule has 0 saturated heterocycles. The van der Waals surface area contributed by atoms with E-state index in [0.29, 0.717) is 0 Å². The third-order valence-electron chi connectivity index (χ3n) is 5.30. The maximum absolute atomic E-state index is 9.55. The summed E-state index contributed by atoms with van der Waals surface area (Å²) >= 11 is 0. The average Bonchev–Trinajstić information content (AvgIpc) is 3.04. The zero-order chi connectivity index (χ0) is 17.1. The number of aryl methyl sites for hydroxylation is 1. The Kier molecular flexibility index (Phi) is 2.86. The maximum Gasteiger partial charge on any atom is 0.115 e. The minimum Gasteiger partial charge on any atom is -0.508 e. The number of benzene rings is 2. The SMILES string of the molecule is Cc1[nH]c2c(cc1-c1ccc(O)cc1)cc1c3c(cnc32)CCN1C. The molecule has 0 saturated carbocycles. The molecule has 0 bridgehead atoms. The lowest BCUT2D eigenvalue weighted by Gasteiger charge is -2.26. The highest BCUT2D eigenvalue weighted by Crippen LogP contribution is 2.39. The number of aromatic amines is 1. The van der Waals surface area contributed by atoms with Crippen molar-refractivity contribution in [1.29, 1.82) is 0 Å². The molecule has 0 atom stereocenters. The Morgan fingerprint density at radius 1 is 1.16 bits per heavy atom. The number of H-pyrrole nitrogens is 1. The van der Waals surface area contributed by atoms with Crippen molar-refractivity contribution in [2.45, 2.75) is 13.3 Å². The van der Waals surface area contributed by atoms with E-state index in [1.165, 1.54) is 16.6 Å². The summed E-state index contributed by atoms with van der Waals surface area (Å²) in [5.74, 6) is 0.285. The van der Waals surface area contributed by atoms with Crippen molar-refractivity contribution in [3.8, 4) is 16.9 Å². The largest absolute Gasteiger partial charge is 0.508 e. The van der Waals surface area contributed by atoms with Gasteiger partial charge in [0.05, 0.1) is 11.0 Å². The standard InChI is InChI=1S/C21H19N3O/c1-12-17(13-3-5-16(25)6-4-13)9-15-10-18-19-14(7-8-24(18)2)11-22-21(19)20(15)23-12/h3-6,9-11,23,25H,7-8H2,1-2H3. The second-order valence-corrected chi connectivity index (χ2v) is 6.89. The van der Waals surface area contributed by atoms with Crippen molar-refractivity contribution in [2.75, 3.05) is 18.5 Å².